The second kappa shape index (κ2) is 17.8. The summed E-state index contributed by atoms with van der Waals surface area (Å²) < 4.78 is 0. The van der Waals surface area contributed by atoms with Gasteiger partial charge in [0.05, 0.1) is 12.6 Å². The predicted octanol–water partition coefficient (Wildman–Crippen LogP) is 3.01. The fourth-order valence-electron chi connectivity index (χ4n) is 6.19. The molecule has 12 heteroatoms. The molecule has 1 heterocycles. The van der Waals surface area contributed by atoms with Crippen molar-refractivity contribution in [1.82, 2.24) is 15.5 Å². The molecule has 0 fully saturated rings. The number of nitrogens with one attached hydrogen (secondary N) is 2. The molecule has 3 rings (SSSR count). The van der Waals surface area contributed by atoms with Crippen molar-refractivity contribution in [1.29, 1.82) is 0 Å². The molecule has 1 aliphatic heterocycles. The second-order valence-electron chi connectivity index (χ2n) is 13.3. The standard InChI is InChI=1S/C37H50N4O8/c1-21(23(3)42)14-33(46)30-17-24-9-11-31(44)28(16-24)29-19-25(10-12-32(29)45)35(34(47)15-22(2)36(48)40-30)41(5)37(49)26(8-6-7-13-38)18-27(43)20-39-4/h9-12,16,19,21-22,26,30,35,39,44-45H,6-8,13-15,17-18,20,38H2,1-5H3,(H,40,48)/t21-,22-,26-,30+,35+/m1/s1. The normalized spacial score (nSPS) is 19.3. The average molecular weight is 679 g/mol. The Labute approximate surface area is 287 Å². The molecule has 2 amide bonds. The number of nitrogens with zero attached hydrogens (tertiary/aromatic N) is 1. The number of hydrogen-bond acceptors (Lipinski definition) is 10. The maximum Gasteiger partial charge on any atom is 0.226 e. The van der Waals surface area contributed by atoms with Crippen LogP contribution in [0, 0.1) is 17.8 Å². The number of amides is 2. The van der Waals surface area contributed by atoms with E-state index in [4.69, 9.17) is 5.73 Å². The molecule has 2 aromatic rings. The number of unbranched alkanes of at least 4 members (excludes halogenated alkanes) is 1. The minimum absolute atomic E-state index is 0.0343. The van der Waals surface area contributed by atoms with Crippen LogP contribution >= 0.6 is 0 Å². The van der Waals surface area contributed by atoms with Crippen molar-refractivity contribution in [2.75, 3.05) is 27.2 Å². The van der Waals surface area contributed by atoms with Crippen molar-refractivity contribution in [3.05, 3.63) is 47.5 Å². The van der Waals surface area contributed by atoms with Gasteiger partial charge in [0.15, 0.2) is 11.6 Å². The number of benzene rings is 2. The van der Waals surface area contributed by atoms with Crippen LogP contribution in [-0.4, -0.2) is 83.3 Å². The third kappa shape index (κ3) is 10.3. The summed E-state index contributed by atoms with van der Waals surface area (Å²) in [4.78, 5) is 81.1. The van der Waals surface area contributed by atoms with Crippen LogP contribution in [0.15, 0.2) is 36.4 Å². The highest BCUT2D eigenvalue weighted by Crippen LogP contribution is 2.39. The highest BCUT2D eigenvalue weighted by molar-refractivity contribution is 5.97. The number of fused-ring (bicyclic) bond motifs is 5. The maximum absolute atomic E-state index is 14.2. The van der Waals surface area contributed by atoms with E-state index >= 15 is 0 Å². The van der Waals surface area contributed by atoms with Crippen LogP contribution < -0.4 is 16.4 Å². The van der Waals surface area contributed by atoms with Gasteiger partial charge in [-0.25, -0.2) is 0 Å². The summed E-state index contributed by atoms with van der Waals surface area (Å²) in [5.41, 5.74) is 7.01. The molecule has 0 aliphatic carbocycles. The fraction of sp³-hybridized carbons (Fsp3) is 0.514. The van der Waals surface area contributed by atoms with Gasteiger partial charge in [-0.05, 0) is 75.2 Å². The molecule has 0 saturated carbocycles. The van der Waals surface area contributed by atoms with Crippen LogP contribution in [0.3, 0.4) is 0 Å². The first-order chi connectivity index (χ1) is 23.2. The zero-order chi connectivity index (χ0) is 36.4. The number of nitrogens with two attached hydrogens (primary N) is 1. The smallest absolute Gasteiger partial charge is 0.226 e. The van der Waals surface area contributed by atoms with E-state index in [1.807, 2.05) is 0 Å². The number of ketones is 4. The summed E-state index contributed by atoms with van der Waals surface area (Å²) in [6, 6.07) is 6.80. The molecule has 0 radical (unpaired) electrons. The molecule has 2 aromatic carbocycles. The molecule has 4 bridgehead atoms. The summed E-state index contributed by atoms with van der Waals surface area (Å²) in [5, 5.41) is 27.5. The highest BCUT2D eigenvalue weighted by atomic mass is 16.3. The van der Waals surface area contributed by atoms with Crippen molar-refractivity contribution < 1.29 is 39.0 Å². The Morgan fingerprint density at radius 1 is 1.00 bits per heavy atom. The SMILES string of the molecule is CNCC(=O)C[C@@H](CCCCN)C(=O)N(C)[C@@H]1C(=O)C[C@@H](C)C(=O)N[C@H](C(=O)C[C@@H](C)C(C)=O)Cc2ccc(O)c(c2)-c2cc1ccc2O. The first-order valence-electron chi connectivity index (χ1n) is 16.8. The van der Waals surface area contributed by atoms with E-state index < -0.39 is 47.4 Å². The third-order valence-electron chi connectivity index (χ3n) is 9.23. The number of carbonyl (C=O) groups excluding carboxylic acids is 6. The van der Waals surface area contributed by atoms with Crippen molar-refractivity contribution in [2.24, 2.45) is 23.5 Å². The number of carbonyl (C=O) groups is 6. The van der Waals surface area contributed by atoms with Crippen LogP contribution in [0.1, 0.15) is 76.5 Å². The molecular formula is C37H50N4O8. The first kappa shape index (κ1) is 39.0. The van der Waals surface area contributed by atoms with E-state index in [0.29, 0.717) is 36.9 Å². The monoisotopic (exact) mass is 678 g/mol. The van der Waals surface area contributed by atoms with E-state index in [2.05, 4.69) is 10.6 Å². The largest absolute Gasteiger partial charge is 0.507 e. The number of hydrogen-bond donors (Lipinski definition) is 5. The summed E-state index contributed by atoms with van der Waals surface area (Å²) in [6.45, 7) is 5.10. The van der Waals surface area contributed by atoms with Crippen molar-refractivity contribution in [2.45, 2.75) is 77.8 Å². The van der Waals surface area contributed by atoms with Gasteiger partial charge in [-0.1, -0.05) is 32.4 Å². The molecule has 6 N–H and O–H groups in total. The second-order valence-corrected chi connectivity index (χ2v) is 13.3. The molecule has 1 aliphatic rings. The number of Topliss-reactive ketones (excluding diaryl/α,β-unsaturated/α-hetero) is 4. The molecule has 0 saturated heterocycles. The molecule has 49 heavy (non-hydrogen) atoms. The lowest BCUT2D eigenvalue weighted by atomic mass is 9.87. The first-order valence-corrected chi connectivity index (χ1v) is 16.8. The third-order valence-corrected chi connectivity index (χ3v) is 9.23. The van der Waals surface area contributed by atoms with Gasteiger partial charge in [-0.15, -0.1) is 0 Å². The van der Waals surface area contributed by atoms with Gasteiger partial charge in [-0.3, -0.25) is 28.8 Å². The Kier molecular flexibility index (Phi) is 14.2. The number of rotatable bonds is 14. The van der Waals surface area contributed by atoms with Gasteiger partial charge in [0, 0.05) is 55.2 Å². The lowest BCUT2D eigenvalue weighted by molar-refractivity contribution is -0.143. The van der Waals surface area contributed by atoms with E-state index in [-0.39, 0.29) is 72.2 Å². The number of aromatic hydroxyl groups is 2. The van der Waals surface area contributed by atoms with Crippen molar-refractivity contribution in [3.8, 4) is 22.6 Å². The minimum atomic E-state index is -1.21. The summed E-state index contributed by atoms with van der Waals surface area (Å²) in [5.74, 6) is -4.68. The number of phenols is 2. The molecule has 0 unspecified atom stereocenters. The highest BCUT2D eigenvalue weighted by Gasteiger charge is 2.36. The lowest BCUT2D eigenvalue weighted by Crippen LogP contribution is -2.46. The topological polar surface area (TPSA) is 196 Å². The van der Waals surface area contributed by atoms with Crippen LogP contribution in [0.25, 0.3) is 11.1 Å². The molecule has 0 aromatic heterocycles. The van der Waals surface area contributed by atoms with Gasteiger partial charge in [0.2, 0.25) is 11.8 Å². The predicted molar refractivity (Wildman–Crippen MR) is 185 cm³/mol. The van der Waals surface area contributed by atoms with Crippen LogP contribution in [0.4, 0.5) is 0 Å². The van der Waals surface area contributed by atoms with Crippen molar-refractivity contribution in [3.63, 3.8) is 0 Å². The Morgan fingerprint density at radius 2 is 1.65 bits per heavy atom. The van der Waals surface area contributed by atoms with Crippen LogP contribution in [0.5, 0.6) is 11.5 Å². The van der Waals surface area contributed by atoms with Gasteiger partial charge in [0.25, 0.3) is 0 Å². The van der Waals surface area contributed by atoms with Gasteiger partial charge >= 0.3 is 0 Å². The van der Waals surface area contributed by atoms with E-state index in [1.165, 1.54) is 43.1 Å². The molecule has 5 atom stereocenters. The Bertz CT molecular complexity index is 1560. The van der Waals surface area contributed by atoms with Crippen LogP contribution in [0.2, 0.25) is 0 Å². The minimum Gasteiger partial charge on any atom is -0.507 e. The van der Waals surface area contributed by atoms with E-state index in [1.54, 1.807) is 33.0 Å². The van der Waals surface area contributed by atoms with E-state index in [9.17, 15) is 39.0 Å². The summed E-state index contributed by atoms with van der Waals surface area (Å²) >= 11 is 0. The number of likely N-dealkylation sites (N-methyl/N-ethyl adjacent to an activating group) is 2. The quantitative estimate of drug-likeness (QED) is 0.185. The number of phenolic OH excluding ortho intramolecular Hbond substituents is 2. The molecule has 0 spiro atoms. The fourth-order valence-corrected chi connectivity index (χ4v) is 6.19. The van der Waals surface area contributed by atoms with E-state index in [0.717, 1.165) is 0 Å². The van der Waals surface area contributed by atoms with Gasteiger partial charge in [-0.2, -0.15) is 0 Å². The van der Waals surface area contributed by atoms with Crippen LogP contribution in [-0.2, 0) is 35.2 Å². The summed E-state index contributed by atoms with van der Waals surface area (Å²) in [7, 11) is 3.12. The van der Waals surface area contributed by atoms with Crippen molar-refractivity contribution >= 4 is 34.9 Å². The molecule has 266 valence electrons. The zero-order valence-electron chi connectivity index (χ0n) is 29.1. The zero-order valence-corrected chi connectivity index (χ0v) is 29.1. The van der Waals surface area contributed by atoms with Gasteiger partial charge in [0.1, 0.15) is 29.1 Å². The Hall–Kier alpha value is -4.42. The molecular weight excluding hydrogens is 628 g/mol. The summed E-state index contributed by atoms with van der Waals surface area (Å²) in [6.07, 6.45) is 1.27. The molecule has 12 nitrogen and oxygen atoms in total. The Morgan fingerprint density at radius 3 is 2.29 bits per heavy atom. The lowest BCUT2D eigenvalue weighted by Gasteiger charge is -2.32. The maximum atomic E-state index is 14.2. The Balaban J connectivity index is 2.14. The van der Waals surface area contributed by atoms with Gasteiger partial charge < -0.3 is 31.5 Å². The average Bonchev–Trinajstić information content (AvgIpc) is 3.04.